The molecule has 40 valence electrons. The molecular formula is C3H7CeNO2. The Kier molecular flexibility index (Phi) is 7.59. The Morgan fingerprint density at radius 3 is 2.00 bits per heavy atom. The number of aliphatic carboxylic acids is 1. The molecule has 0 aromatic carbocycles. The first-order valence-corrected chi connectivity index (χ1v) is 1.63. The van der Waals surface area contributed by atoms with Crippen molar-refractivity contribution in [3.8, 4) is 0 Å². The summed E-state index contributed by atoms with van der Waals surface area (Å²) in [4.78, 5) is 9.57. The molecular weight excluding hydrogens is 222 g/mol. The first-order chi connectivity index (χ1) is 2.64. The fourth-order valence-electron chi connectivity index (χ4n) is 0. The molecule has 0 aliphatic heterocycles. The Morgan fingerprint density at radius 2 is 2.00 bits per heavy atom. The standard InChI is InChI=1S/C3H7NO2.Ce/c1-2(4)3(5)6;/h2H,4H2,1H3,(H,5,6);. The minimum Gasteiger partial charge on any atom is -0.480 e. The van der Waals surface area contributed by atoms with Crippen LogP contribution in [-0.4, -0.2) is 17.1 Å². The molecule has 3 N–H and O–H groups in total. The van der Waals surface area contributed by atoms with Gasteiger partial charge in [0.25, 0.3) is 0 Å². The summed E-state index contributed by atoms with van der Waals surface area (Å²) < 4.78 is 0. The van der Waals surface area contributed by atoms with Crippen LogP contribution in [0.1, 0.15) is 6.92 Å². The molecule has 0 amide bonds. The predicted molar refractivity (Wildman–Crippen MR) is 21.3 cm³/mol. The largest absolute Gasteiger partial charge is 0.480 e. The molecule has 0 aliphatic carbocycles. The van der Waals surface area contributed by atoms with Gasteiger partial charge in [-0.3, -0.25) is 4.79 Å². The van der Waals surface area contributed by atoms with Gasteiger partial charge in [0.15, 0.2) is 0 Å². The van der Waals surface area contributed by atoms with Crippen LogP contribution in [0.3, 0.4) is 0 Å². The van der Waals surface area contributed by atoms with Crippen LogP contribution in [0.25, 0.3) is 0 Å². The van der Waals surface area contributed by atoms with Gasteiger partial charge < -0.3 is 10.8 Å². The van der Waals surface area contributed by atoms with Gasteiger partial charge in [0, 0.05) is 41.7 Å². The van der Waals surface area contributed by atoms with Gasteiger partial charge >= 0.3 is 5.97 Å². The smallest absolute Gasteiger partial charge is 0.320 e. The fraction of sp³-hybridized carbons (Fsp3) is 0.667. The Balaban J connectivity index is 0. The summed E-state index contributed by atoms with van der Waals surface area (Å²) in [5, 5.41) is 7.87. The van der Waals surface area contributed by atoms with Gasteiger partial charge in [-0.25, -0.2) is 0 Å². The van der Waals surface area contributed by atoms with E-state index in [0.717, 1.165) is 0 Å². The van der Waals surface area contributed by atoms with E-state index in [1.807, 2.05) is 0 Å². The second-order valence-electron chi connectivity index (χ2n) is 1.13. The Hall–Kier alpha value is 0.807. The van der Waals surface area contributed by atoms with Crippen molar-refractivity contribution in [1.29, 1.82) is 0 Å². The molecule has 0 spiro atoms. The van der Waals surface area contributed by atoms with E-state index in [9.17, 15) is 4.79 Å². The van der Waals surface area contributed by atoms with E-state index in [-0.39, 0.29) is 41.7 Å². The first kappa shape index (κ1) is 10.7. The summed E-state index contributed by atoms with van der Waals surface area (Å²) in [5.41, 5.74) is 4.84. The summed E-state index contributed by atoms with van der Waals surface area (Å²) >= 11 is 0. The van der Waals surface area contributed by atoms with Crippen molar-refractivity contribution in [3.05, 3.63) is 0 Å². The maximum atomic E-state index is 9.57. The second-order valence-corrected chi connectivity index (χ2v) is 1.13. The van der Waals surface area contributed by atoms with E-state index in [1.54, 1.807) is 0 Å². The topological polar surface area (TPSA) is 63.3 Å². The van der Waals surface area contributed by atoms with Gasteiger partial charge in [0.2, 0.25) is 0 Å². The van der Waals surface area contributed by atoms with Gasteiger partial charge in [-0.15, -0.1) is 0 Å². The second kappa shape index (κ2) is 4.95. The quantitative estimate of drug-likeness (QED) is 0.632. The van der Waals surface area contributed by atoms with Crippen LogP contribution in [0.4, 0.5) is 0 Å². The molecule has 1 atom stereocenters. The number of carboxylic acids is 1. The Bertz CT molecular complexity index is 64.0. The van der Waals surface area contributed by atoms with E-state index in [4.69, 9.17) is 10.8 Å². The molecule has 0 saturated heterocycles. The zero-order chi connectivity index (χ0) is 5.15. The molecule has 0 saturated carbocycles. The van der Waals surface area contributed by atoms with Gasteiger partial charge in [-0.2, -0.15) is 0 Å². The number of carbonyl (C=O) groups is 1. The van der Waals surface area contributed by atoms with Gasteiger partial charge in [0.05, 0.1) is 0 Å². The summed E-state index contributed by atoms with van der Waals surface area (Å²) in [7, 11) is 0. The van der Waals surface area contributed by atoms with Crippen molar-refractivity contribution >= 4 is 5.97 Å². The number of nitrogens with two attached hydrogens (primary N) is 1. The molecule has 7 heavy (non-hydrogen) atoms. The molecule has 0 aromatic heterocycles. The fourth-order valence-corrected chi connectivity index (χ4v) is 0. The molecule has 0 aromatic rings. The average Bonchev–Trinajstić information content (AvgIpc) is 1.36. The molecule has 0 radical (unpaired) electrons. The predicted octanol–water partition coefficient (Wildman–Crippen LogP) is -0.582. The summed E-state index contributed by atoms with van der Waals surface area (Å²) in [6.45, 7) is 1.42. The third-order valence-corrected chi connectivity index (χ3v) is 0.390. The van der Waals surface area contributed by atoms with Crippen LogP contribution in [0, 0.1) is 41.7 Å². The van der Waals surface area contributed by atoms with E-state index in [2.05, 4.69) is 0 Å². The molecule has 0 aliphatic rings. The molecule has 0 rings (SSSR count). The summed E-state index contributed by atoms with van der Waals surface area (Å²) in [5.74, 6) is -0.963. The van der Waals surface area contributed by atoms with E-state index >= 15 is 0 Å². The van der Waals surface area contributed by atoms with E-state index < -0.39 is 12.0 Å². The third kappa shape index (κ3) is 6.81. The molecule has 3 nitrogen and oxygen atoms in total. The maximum Gasteiger partial charge on any atom is 0.320 e. The van der Waals surface area contributed by atoms with E-state index in [1.165, 1.54) is 6.92 Å². The van der Waals surface area contributed by atoms with Crippen LogP contribution < -0.4 is 5.73 Å². The molecule has 1 unspecified atom stereocenters. The van der Waals surface area contributed by atoms with Gasteiger partial charge in [-0.1, -0.05) is 0 Å². The van der Waals surface area contributed by atoms with Crippen molar-refractivity contribution in [3.63, 3.8) is 0 Å². The Morgan fingerprint density at radius 1 is 1.86 bits per heavy atom. The average molecular weight is 229 g/mol. The van der Waals surface area contributed by atoms with Crippen molar-refractivity contribution in [1.82, 2.24) is 0 Å². The SMILES string of the molecule is CC(N)C(=O)O.[Ce]. The Labute approximate surface area is 75.6 Å². The number of hydrogen-bond acceptors (Lipinski definition) is 2. The molecule has 0 bridgehead atoms. The van der Waals surface area contributed by atoms with Crippen LogP contribution in [0.15, 0.2) is 0 Å². The normalized spacial score (nSPS) is 11.7. The number of carboxylic acid groups (broad SMARTS) is 1. The zero-order valence-corrected chi connectivity index (χ0v) is 7.15. The van der Waals surface area contributed by atoms with E-state index in [0.29, 0.717) is 0 Å². The minimum atomic E-state index is -0.963. The molecule has 0 fully saturated rings. The summed E-state index contributed by atoms with van der Waals surface area (Å²) in [6, 6.07) is -0.731. The van der Waals surface area contributed by atoms with Crippen LogP contribution >= 0.6 is 0 Å². The van der Waals surface area contributed by atoms with Crippen LogP contribution in [-0.2, 0) is 4.79 Å². The molecule has 0 heterocycles. The van der Waals surface area contributed by atoms with Crippen molar-refractivity contribution < 1.29 is 51.6 Å². The minimum absolute atomic E-state index is 0. The van der Waals surface area contributed by atoms with Crippen LogP contribution in [0.2, 0.25) is 0 Å². The first-order valence-electron chi connectivity index (χ1n) is 1.63. The van der Waals surface area contributed by atoms with Crippen molar-refractivity contribution in [2.45, 2.75) is 13.0 Å². The number of hydrogen-bond donors (Lipinski definition) is 2. The zero-order valence-electron chi connectivity index (χ0n) is 4.01. The van der Waals surface area contributed by atoms with Gasteiger partial charge in [0.1, 0.15) is 6.04 Å². The van der Waals surface area contributed by atoms with Gasteiger partial charge in [-0.05, 0) is 6.92 Å². The van der Waals surface area contributed by atoms with Crippen LogP contribution in [0.5, 0.6) is 0 Å². The third-order valence-electron chi connectivity index (χ3n) is 0.390. The monoisotopic (exact) mass is 229 g/mol. The van der Waals surface area contributed by atoms with Crippen molar-refractivity contribution in [2.24, 2.45) is 5.73 Å². The number of rotatable bonds is 1. The van der Waals surface area contributed by atoms with Crippen molar-refractivity contribution in [2.75, 3.05) is 0 Å². The maximum absolute atomic E-state index is 9.57. The molecule has 4 heteroatoms. The summed E-state index contributed by atoms with van der Waals surface area (Å²) in [6.07, 6.45) is 0.